The second-order valence-electron chi connectivity index (χ2n) is 5.91. The van der Waals surface area contributed by atoms with Gasteiger partial charge in [-0.3, -0.25) is 14.5 Å². The molecule has 1 aliphatic carbocycles. The Hall–Kier alpha value is -1.88. The van der Waals surface area contributed by atoms with E-state index < -0.39 is 5.97 Å². The summed E-state index contributed by atoms with van der Waals surface area (Å²) in [6.45, 7) is 1.08. The first kappa shape index (κ1) is 14.1. The van der Waals surface area contributed by atoms with Crippen LogP contribution in [0.2, 0.25) is 0 Å². The van der Waals surface area contributed by atoms with Crippen molar-refractivity contribution in [2.75, 3.05) is 13.1 Å². The molecule has 1 aromatic carbocycles. The lowest BCUT2D eigenvalue weighted by molar-refractivity contribution is -0.141. The minimum Gasteiger partial charge on any atom is -0.481 e. The van der Waals surface area contributed by atoms with Gasteiger partial charge in [0.05, 0.1) is 5.92 Å². The van der Waals surface area contributed by atoms with Gasteiger partial charge in [-0.1, -0.05) is 30.3 Å². The Morgan fingerprint density at radius 2 is 1.90 bits per heavy atom. The van der Waals surface area contributed by atoms with E-state index in [0.717, 1.165) is 18.4 Å². The SMILES string of the molecule is O=C(O)C1CCN(C(C(=O)NC2CC2)c2ccccc2)C1. The number of benzene rings is 1. The zero-order valence-corrected chi connectivity index (χ0v) is 11.9. The fourth-order valence-corrected chi connectivity index (χ4v) is 2.89. The number of likely N-dealkylation sites (tertiary alicyclic amines) is 1. The van der Waals surface area contributed by atoms with Gasteiger partial charge in [0.2, 0.25) is 5.91 Å². The second-order valence-corrected chi connectivity index (χ2v) is 5.91. The molecule has 1 saturated heterocycles. The molecule has 1 heterocycles. The Balaban J connectivity index is 1.78. The summed E-state index contributed by atoms with van der Waals surface area (Å²) in [7, 11) is 0. The van der Waals surface area contributed by atoms with Gasteiger partial charge in [-0.15, -0.1) is 0 Å². The predicted octanol–water partition coefficient (Wildman–Crippen LogP) is 1.41. The van der Waals surface area contributed by atoms with Gasteiger partial charge in [-0.2, -0.15) is 0 Å². The second kappa shape index (κ2) is 5.85. The molecule has 0 bridgehead atoms. The van der Waals surface area contributed by atoms with E-state index in [1.807, 2.05) is 35.2 Å². The number of carbonyl (C=O) groups excluding carboxylic acids is 1. The van der Waals surface area contributed by atoms with Crippen molar-refractivity contribution < 1.29 is 14.7 Å². The van der Waals surface area contributed by atoms with Crippen LogP contribution in [0.3, 0.4) is 0 Å². The van der Waals surface area contributed by atoms with Crippen LogP contribution in [0.25, 0.3) is 0 Å². The van der Waals surface area contributed by atoms with Crippen molar-refractivity contribution >= 4 is 11.9 Å². The molecule has 2 N–H and O–H groups in total. The van der Waals surface area contributed by atoms with Crippen LogP contribution in [0.1, 0.15) is 30.9 Å². The van der Waals surface area contributed by atoms with E-state index in [2.05, 4.69) is 5.32 Å². The van der Waals surface area contributed by atoms with E-state index in [-0.39, 0.29) is 17.9 Å². The van der Waals surface area contributed by atoms with Crippen molar-refractivity contribution in [3.8, 4) is 0 Å². The number of hydrogen-bond acceptors (Lipinski definition) is 3. The minimum absolute atomic E-state index is 0.00487. The lowest BCUT2D eigenvalue weighted by Crippen LogP contribution is -2.40. The van der Waals surface area contributed by atoms with Crippen LogP contribution in [-0.2, 0) is 9.59 Å². The number of nitrogens with zero attached hydrogens (tertiary/aromatic N) is 1. The Morgan fingerprint density at radius 1 is 1.19 bits per heavy atom. The van der Waals surface area contributed by atoms with Crippen molar-refractivity contribution in [2.24, 2.45) is 5.92 Å². The van der Waals surface area contributed by atoms with Crippen LogP contribution < -0.4 is 5.32 Å². The number of nitrogens with one attached hydrogen (secondary N) is 1. The molecular formula is C16H20N2O3. The maximum Gasteiger partial charge on any atom is 0.307 e. The zero-order valence-electron chi connectivity index (χ0n) is 11.9. The Morgan fingerprint density at radius 3 is 2.48 bits per heavy atom. The summed E-state index contributed by atoms with van der Waals surface area (Å²) in [5.74, 6) is -1.15. The van der Waals surface area contributed by atoms with Crippen LogP contribution >= 0.6 is 0 Å². The highest BCUT2D eigenvalue weighted by Crippen LogP contribution is 2.29. The van der Waals surface area contributed by atoms with Gasteiger partial charge in [-0.25, -0.2) is 0 Å². The first-order valence-electron chi connectivity index (χ1n) is 7.47. The van der Waals surface area contributed by atoms with E-state index >= 15 is 0 Å². The first-order chi connectivity index (χ1) is 10.1. The number of aliphatic carboxylic acids is 1. The van der Waals surface area contributed by atoms with Gasteiger partial charge in [-0.05, 0) is 24.8 Å². The molecule has 3 rings (SSSR count). The lowest BCUT2D eigenvalue weighted by Gasteiger charge is -2.27. The lowest BCUT2D eigenvalue weighted by atomic mass is 10.0. The highest BCUT2D eigenvalue weighted by molar-refractivity contribution is 5.84. The van der Waals surface area contributed by atoms with Crippen LogP contribution in [-0.4, -0.2) is 41.0 Å². The Bertz CT molecular complexity index is 528. The summed E-state index contributed by atoms with van der Waals surface area (Å²) in [5, 5.41) is 12.2. The molecule has 0 aromatic heterocycles. The van der Waals surface area contributed by atoms with Crippen molar-refractivity contribution in [1.82, 2.24) is 10.2 Å². The van der Waals surface area contributed by atoms with Crippen molar-refractivity contribution in [1.29, 1.82) is 0 Å². The third-order valence-corrected chi connectivity index (χ3v) is 4.22. The highest BCUT2D eigenvalue weighted by atomic mass is 16.4. The minimum atomic E-state index is -0.771. The van der Waals surface area contributed by atoms with Crippen molar-refractivity contribution in [3.63, 3.8) is 0 Å². The number of amides is 1. The molecule has 21 heavy (non-hydrogen) atoms. The van der Waals surface area contributed by atoms with Gasteiger partial charge in [0.25, 0.3) is 0 Å². The highest BCUT2D eigenvalue weighted by Gasteiger charge is 2.37. The van der Waals surface area contributed by atoms with Gasteiger partial charge >= 0.3 is 5.97 Å². The Labute approximate surface area is 123 Å². The molecule has 1 amide bonds. The third-order valence-electron chi connectivity index (χ3n) is 4.22. The first-order valence-corrected chi connectivity index (χ1v) is 7.47. The summed E-state index contributed by atoms with van der Waals surface area (Å²) >= 11 is 0. The van der Waals surface area contributed by atoms with Gasteiger partial charge in [0, 0.05) is 19.1 Å². The predicted molar refractivity (Wildman–Crippen MR) is 77.7 cm³/mol. The smallest absolute Gasteiger partial charge is 0.307 e. The number of hydrogen-bond donors (Lipinski definition) is 2. The molecule has 2 fully saturated rings. The molecule has 1 aliphatic heterocycles. The van der Waals surface area contributed by atoms with E-state index in [1.54, 1.807) is 0 Å². The average Bonchev–Trinajstić information content (AvgIpc) is 3.14. The standard InChI is InChI=1S/C16H20N2O3/c19-15(17-13-6-7-13)14(11-4-2-1-3-5-11)18-9-8-12(10-18)16(20)21/h1-5,12-14H,6-10H2,(H,17,19)(H,20,21). The number of carbonyl (C=O) groups is 2. The maximum atomic E-state index is 12.6. The number of carboxylic acid groups (broad SMARTS) is 1. The number of rotatable bonds is 5. The van der Waals surface area contributed by atoms with Crippen molar-refractivity contribution in [2.45, 2.75) is 31.3 Å². The van der Waals surface area contributed by atoms with Gasteiger partial charge in [0.15, 0.2) is 0 Å². The molecule has 1 aromatic rings. The molecule has 5 nitrogen and oxygen atoms in total. The summed E-state index contributed by atoms with van der Waals surface area (Å²) in [4.78, 5) is 25.7. The summed E-state index contributed by atoms with van der Waals surface area (Å²) in [6, 6.07) is 9.55. The van der Waals surface area contributed by atoms with Crippen LogP contribution in [0, 0.1) is 5.92 Å². The fourth-order valence-electron chi connectivity index (χ4n) is 2.89. The molecule has 0 spiro atoms. The Kier molecular flexibility index (Phi) is 3.92. The van der Waals surface area contributed by atoms with Crippen LogP contribution in [0.4, 0.5) is 0 Å². The fraction of sp³-hybridized carbons (Fsp3) is 0.500. The van der Waals surface area contributed by atoms with Gasteiger partial charge in [0.1, 0.15) is 6.04 Å². The quantitative estimate of drug-likeness (QED) is 0.859. The van der Waals surface area contributed by atoms with Crippen molar-refractivity contribution in [3.05, 3.63) is 35.9 Å². The van der Waals surface area contributed by atoms with Crippen LogP contribution in [0.5, 0.6) is 0 Å². The summed E-state index contributed by atoms with van der Waals surface area (Å²) in [6.07, 6.45) is 2.70. The normalized spacial score (nSPS) is 23.7. The summed E-state index contributed by atoms with van der Waals surface area (Å²) in [5.41, 5.74) is 0.932. The maximum absolute atomic E-state index is 12.6. The van der Waals surface area contributed by atoms with E-state index in [9.17, 15) is 9.59 Å². The largest absolute Gasteiger partial charge is 0.481 e. The molecule has 2 aliphatic rings. The zero-order chi connectivity index (χ0) is 14.8. The molecule has 2 unspecified atom stereocenters. The molecule has 5 heteroatoms. The van der Waals surface area contributed by atoms with E-state index in [0.29, 0.717) is 25.6 Å². The monoisotopic (exact) mass is 288 g/mol. The van der Waals surface area contributed by atoms with E-state index in [4.69, 9.17) is 5.11 Å². The topological polar surface area (TPSA) is 69.6 Å². The molecular weight excluding hydrogens is 268 g/mol. The number of carboxylic acids is 1. The van der Waals surface area contributed by atoms with Gasteiger partial charge < -0.3 is 10.4 Å². The van der Waals surface area contributed by atoms with Crippen LogP contribution in [0.15, 0.2) is 30.3 Å². The summed E-state index contributed by atoms with van der Waals surface area (Å²) < 4.78 is 0. The third kappa shape index (κ3) is 3.24. The van der Waals surface area contributed by atoms with E-state index in [1.165, 1.54) is 0 Å². The molecule has 1 saturated carbocycles. The molecule has 112 valence electrons. The average molecular weight is 288 g/mol. The molecule has 0 radical (unpaired) electrons. The molecule has 2 atom stereocenters.